The van der Waals surface area contributed by atoms with Gasteiger partial charge in [0.15, 0.2) is 0 Å². The van der Waals surface area contributed by atoms with Gasteiger partial charge >= 0.3 is 0 Å². The highest BCUT2D eigenvalue weighted by atomic mass is 79.9. The van der Waals surface area contributed by atoms with Crippen molar-refractivity contribution in [2.45, 2.75) is 26.3 Å². The van der Waals surface area contributed by atoms with Crippen molar-refractivity contribution in [3.05, 3.63) is 34.1 Å². The molecule has 5 heteroatoms. The molecule has 20 heavy (non-hydrogen) atoms. The van der Waals surface area contributed by atoms with Gasteiger partial charge in [0.25, 0.3) is 0 Å². The van der Waals surface area contributed by atoms with Gasteiger partial charge < -0.3 is 5.32 Å². The topological polar surface area (TPSA) is 15.3 Å². The molecule has 1 aliphatic heterocycles. The van der Waals surface area contributed by atoms with Crippen molar-refractivity contribution in [2.24, 2.45) is 5.92 Å². The minimum atomic E-state index is -0.151. The summed E-state index contributed by atoms with van der Waals surface area (Å²) >= 11 is 3.58. The SMILES string of the molecule is CC(C)C[C@H](c1cc(F)ccc1Br)N1CCNCC1.Cl. The van der Waals surface area contributed by atoms with Crippen LogP contribution in [0.15, 0.2) is 22.7 Å². The highest BCUT2D eigenvalue weighted by molar-refractivity contribution is 9.10. The molecule has 0 bridgehead atoms. The summed E-state index contributed by atoms with van der Waals surface area (Å²) < 4.78 is 14.6. The Labute approximate surface area is 135 Å². The van der Waals surface area contributed by atoms with Crippen LogP contribution in [0.4, 0.5) is 4.39 Å². The molecule has 1 aromatic rings. The fourth-order valence-corrected chi connectivity index (χ4v) is 3.19. The average molecular weight is 366 g/mol. The number of halogens is 3. The first-order valence-electron chi connectivity index (χ1n) is 6.97. The molecule has 1 atom stereocenters. The van der Waals surface area contributed by atoms with Crippen LogP contribution in [0.25, 0.3) is 0 Å². The molecule has 2 rings (SSSR count). The molecule has 1 fully saturated rings. The average Bonchev–Trinajstić information content (AvgIpc) is 2.40. The Bertz CT molecular complexity index is 422. The molecule has 2 nitrogen and oxygen atoms in total. The number of benzene rings is 1. The van der Waals surface area contributed by atoms with E-state index in [1.54, 1.807) is 6.07 Å². The fourth-order valence-electron chi connectivity index (χ4n) is 2.68. The van der Waals surface area contributed by atoms with Gasteiger partial charge in [0.2, 0.25) is 0 Å². The lowest BCUT2D eigenvalue weighted by Crippen LogP contribution is -2.45. The first-order valence-corrected chi connectivity index (χ1v) is 7.77. The second-order valence-electron chi connectivity index (χ2n) is 5.60. The van der Waals surface area contributed by atoms with E-state index in [-0.39, 0.29) is 18.2 Å². The molecule has 1 heterocycles. The molecule has 1 N–H and O–H groups in total. The predicted molar refractivity (Wildman–Crippen MR) is 88.0 cm³/mol. The minimum absolute atomic E-state index is 0. The van der Waals surface area contributed by atoms with Gasteiger partial charge in [0.05, 0.1) is 0 Å². The maximum Gasteiger partial charge on any atom is 0.123 e. The zero-order valence-corrected chi connectivity index (χ0v) is 14.4. The number of nitrogens with one attached hydrogen (secondary N) is 1. The Morgan fingerprint density at radius 1 is 1.30 bits per heavy atom. The molecule has 1 saturated heterocycles. The van der Waals surface area contributed by atoms with Crippen LogP contribution in [0.2, 0.25) is 0 Å². The normalized spacial score (nSPS) is 17.9. The molecule has 0 unspecified atom stereocenters. The van der Waals surface area contributed by atoms with Crippen molar-refractivity contribution in [3.8, 4) is 0 Å². The second-order valence-corrected chi connectivity index (χ2v) is 6.45. The van der Waals surface area contributed by atoms with Gasteiger partial charge in [0, 0.05) is 36.7 Å². The molecule has 0 amide bonds. The summed E-state index contributed by atoms with van der Waals surface area (Å²) in [7, 11) is 0. The predicted octanol–water partition coefficient (Wildman–Crippen LogP) is 4.00. The van der Waals surface area contributed by atoms with Crippen LogP contribution in [0.1, 0.15) is 31.9 Å². The quantitative estimate of drug-likeness (QED) is 0.867. The van der Waals surface area contributed by atoms with Gasteiger partial charge in [-0.2, -0.15) is 0 Å². The standard InChI is InChI=1S/C15H22BrFN2.ClH/c1-11(2)9-15(19-7-5-18-6-8-19)13-10-12(17)3-4-14(13)16;/h3-4,10-11,15,18H,5-9H2,1-2H3;1H/t15-;/m1./s1. The molecule has 1 aliphatic rings. The molecule has 0 aromatic heterocycles. The van der Waals surface area contributed by atoms with E-state index in [1.165, 1.54) is 6.07 Å². The van der Waals surface area contributed by atoms with E-state index in [1.807, 2.05) is 6.07 Å². The van der Waals surface area contributed by atoms with Gasteiger partial charge in [0.1, 0.15) is 5.82 Å². The van der Waals surface area contributed by atoms with Gasteiger partial charge in [-0.25, -0.2) is 4.39 Å². The number of rotatable bonds is 4. The van der Waals surface area contributed by atoms with Gasteiger partial charge in [-0.3, -0.25) is 4.90 Å². The molecular formula is C15H23BrClFN2. The third-order valence-corrected chi connectivity index (χ3v) is 4.33. The largest absolute Gasteiger partial charge is 0.314 e. The monoisotopic (exact) mass is 364 g/mol. The molecule has 114 valence electrons. The maximum atomic E-state index is 13.6. The summed E-state index contributed by atoms with van der Waals surface area (Å²) in [5.41, 5.74) is 1.08. The zero-order valence-electron chi connectivity index (χ0n) is 12.0. The Morgan fingerprint density at radius 3 is 2.55 bits per heavy atom. The van der Waals surface area contributed by atoms with Crippen LogP contribution in [0.5, 0.6) is 0 Å². The highest BCUT2D eigenvalue weighted by Gasteiger charge is 2.24. The highest BCUT2D eigenvalue weighted by Crippen LogP contribution is 2.33. The van der Waals surface area contributed by atoms with Crippen LogP contribution in [-0.2, 0) is 0 Å². The Morgan fingerprint density at radius 2 is 1.95 bits per heavy atom. The molecule has 0 radical (unpaired) electrons. The van der Waals surface area contributed by atoms with Crippen LogP contribution >= 0.6 is 28.3 Å². The van der Waals surface area contributed by atoms with Crippen LogP contribution in [0.3, 0.4) is 0 Å². The molecule has 0 saturated carbocycles. The van der Waals surface area contributed by atoms with Crippen LogP contribution < -0.4 is 5.32 Å². The number of hydrogen-bond donors (Lipinski definition) is 1. The molecular weight excluding hydrogens is 343 g/mol. The van der Waals surface area contributed by atoms with E-state index in [4.69, 9.17) is 0 Å². The first kappa shape index (κ1) is 17.9. The summed E-state index contributed by atoms with van der Waals surface area (Å²) in [4.78, 5) is 2.47. The molecule has 1 aromatic carbocycles. The van der Waals surface area contributed by atoms with Crippen molar-refractivity contribution in [1.82, 2.24) is 10.2 Å². The van der Waals surface area contributed by atoms with Crippen molar-refractivity contribution in [2.75, 3.05) is 26.2 Å². The van der Waals surface area contributed by atoms with Gasteiger partial charge in [-0.1, -0.05) is 29.8 Å². The van der Waals surface area contributed by atoms with Crippen molar-refractivity contribution < 1.29 is 4.39 Å². The summed E-state index contributed by atoms with van der Waals surface area (Å²) in [6, 6.07) is 5.31. The van der Waals surface area contributed by atoms with Gasteiger partial charge in [-0.15, -0.1) is 12.4 Å². The van der Waals surface area contributed by atoms with Crippen LogP contribution in [-0.4, -0.2) is 31.1 Å². The Kier molecular flexibility index (Phi) is 7.45. The van der Waals surface area contributed by atoms with E-state index in [9.17, 15) is 4.39 Å². The van der Waals surface area contributed by atoms with E-state index < -0.39 is 0 Å². The van der Waals surface area contributed by atoms with Crippen molar-refractivity contribution >= 4 is 28.3 Å². The maximum absolute atomic E-state index is 13.6. The smallest absolute Gasteiger partial charge is 0.123 e. The second kappa shape index (κ2) is 8.32. The third kappa shape index (κ3) is 4.69. The minimum Gasteiger partial charge on any atom is -0.314 e. The number of nitrogens with zero attached hydrogens (tertiary/aromatic N) is 1. The van der Waals surface area contributed by atoms with E-state index in [2.05, 4.69) is 40.0 Å². The molecule has 0 spiro atoms. The van der Waals surface area contributed by atoms with Crippen LogP contribution in [0, 0.1) is 11.7 Å². The number of piperazine rings is 1. The Hall–Kier alpha value is -0.160. The summed E-state index contributed by atoms with van der Waals surface area (Å²) in [5.74, 6) is 0.442. The first-order chi connectivity index (χ1) is 9.08. The van der Waals surface area contributed by atoms with E-state index in [0.717, 1.165) is 42.6 Å². The summed E-state index contributed by atoms with van der Waals surface area (Å²) in [5, 5.41) is 3.37. The van der Waals surface area contributed by atoms with Crippen molar-refractivity contribution in [3.63, 3.8) is 0 Å². The lowest BCUT2D eigenvalue weighted by atomic mass is 9.95. The third-order valence-electron chi connectivity index (χ3n) is 3.60. The summed E-state index contributed by atoms with van der Waals surface area (Å²) in [6.45, 7) is 8.54. The Balaban J connectivity index is 0.00000200. The van der Waals surface area contributed by atoms with Gasteiger partial charge in [-0.05, 0) is 36.1 Å². The number of hydrogen-bond acceptors (Lipinski definition) is 2. The van der Waals surface area contributed by atoms with E-state index >= 15 is 0 Å². The lowest BCUT2D eigenvalue weighted by Gasteiger charge is -2.36. The zero-order chi connectivity index (χ0) is 13.8. The molecule has 0 aliphatic carbocycles. The van der Waals surface area contributed by atoms with Crippen molar-refractivity contribution in [1.29, 1.82) is 0 Å². The van der Waals surface area contributed by atoms with E-state index in [0.29, 0.717) is 12.0 Å². The lowest BCUT2D eigenvalue weighted by molar-refractivity contribution is 0.153. The summed E-state index contributed by atoms with van der Waals surface area (Å²) in [6.07, 6.45) is 1.06. The fraction of sp³-hybridized carbons (Fsp3) is 0.600.